The fourth-order valence-corrected chi connectivity index (χ4v) is 28.7. The van der Waals surface area contributed by atoms with Gasteiger partial charge in [-0.15, -0.1) is 24.8 Å². The van der Waals surface area contributed by atoms with E-state index in [-0.39, 0.29) is 24.8 Å². The van der Waals surface area contributed by atoms with E-state index in [2.05, 4.69) is 91.9 Å². The van der Waals surface area contributed by atoms with Gasteiger partial charge in [0.2, 0.25) is 0 Å². The first-order valence-electron chi connectivity index (χ1n) is 10.3. The molecule has 0 fully saturated rings. The molecule has 0 saturated carbocycles. The van der Waals surface area contributed by atoms with Crippen molar-refractivity contribution in [2.45, 2.75) is 47.5 Å². The molecular formula is C25H34Cl2SSiZr. The number of halogens is 2. The van der Waals surface area contributed by atoms with Crippen LogP contribution in [-0.4, -0.2) is 6.88 Å². The van der Waals surface area contributed by atoms with Crippen molar-refractivity contribution >= 4 is 48.6 Å². The molecule has 2 atom stereocenters. The fraction of sp³-hybridized carbons (Fsp3) is 0.360. The molecule has 0 saturated heterocycles. The molecule has 2 unspecified atom stereocenters. The van der Waals surface area contributed by atoms with Gasteiger partial charge in [0.1, 0.15) is 0 Å². The maximum atomic E-state index is 2.71. The zero-order valence-corrected chi connectivity index (χ0v) is 25.4. The first-order chi connectivity index (χ1) is 13.0. The van der Waals surface area contributed by atoms with Crippen LogP contribution in [0.2, 0.25) is 9.26 Å². The average Bonchev–Trinajstić information content (AvgIpc) is 3.28. The smallest absolute Gasteiger partial charge is 0.147 e. The number of fused-ring (bicyclic) bond motifs is 1. The van der Waals surface area contributed by atoms with E-state index in [1.165, 1.54) is 16.7 Å². The average molecular weight is 557 g/mol. The minimum Gasteiger partial charge on any atom is -0.147 e. The maximum Gasteiger partial charge on any atom is -0.147 e. The van der Waals surface area contributed by atoms with Crippen molar-refractivity contribution in [2.24, 2.45) is 5.92 Å². The van der Waals surface area contributed by atoms with Crippen LogP contribution in [0.5, 0.6) is 0 Å². The van der Waals surface area contributed by atoms with E-state index in [1.807, 2.05) is 3.28 Å². The van der Waals surface area contributed by atoms with Crippen molar-refractivity contribution in [1.29, 1.82) is 0 Å². The van der Waals surface area contributed by atoms with Gasteiger partial charge in [-0.3, -0.25) is 0 Å². The Hall–Kier alpha value is -0.180. The van der Waals surface area contributed by atoms with Crippen molar-refractivity contribution in [3.63, 3.8) is 0 Å². The van der Waals surface area contributed by atoms with Gasteiger partial charge in [-0.1, -0.05) is 0 Å². The number of rotatable bonds is 3. The van der Waals surface area contributed by atoms with Crippen LogP contribution in [0.25, 0.3) is 5.57 Å². The Morgan fingerprint density at radius 3 is 2.07 bits per heavy atom. The van der Waals surface area contributed by atoms with Crippen LogP contribution < -0.4 is 0 Å². The number of hydrogen-bond donors (Lipinski definition) is 0. The van der Waals surface area contributed by atoms with E-state index < -0.39 is 17.4 Å². The van der Waals surface area contributed by atoms with Gasteiger partial charge in [0.15, 0.2) is 0 Å². The Balaban J connectivity index is 0.00000160. The van der Waals surface area contributed by atoms with Gasteiger partial charge in [-0.25, -0.2) is 0 Å². The van der Waals surface area contributed by atoms with Crippen LogP contribution in [0.3, 0.4) is 0 Å². The molecule has 0 bridgehead atoms. The predicted octanol–water partition coefficient (Wildman–Crippen LogP) is 8.06. The molecule has 1 aromatic heterocycles. The molecule has 2 aliphatic carbocycles. The maximum absolute atomic E-state index is 3.32. The summed E-state index contributed by atoms with van der Waals surface area (Å²) in [6.45, 7) is 14.4. The molecule has 0 aliphatic heterocycles. The number of allylic oxidation sites excluding steroid dienone is 5. The van der Waals surface area contributed by atoms with Gasteiger partial charge < -0.3 is 0 Å². The van der Waals surface area contributed by atoms with Crippen molar-refractivity contribution in [2.75, 3.05) is 0 Å². The molecule has 1 aromatic carbocycles. The zero-order valence-electron chi connectivity index (χ0n) is 19.1. The Morgan fingerprint density at radius 1 is 0.900 bits per heavy atom. The second-order valence-electron chi connectivity index (χ2n) is 9.97. The van der Waals surface area contributed by atoms with Crippen molar-refractivity contribution in [3.05, 3.63) is 83.4 Å². The van der Waals surface area contributed by atoms with Gasteiger partial charge in [0.05, 0.1) is 0 Å². The summed E-state index contributed by atoms with van der Waals surface area (Å²) in [5, 5.41) is 4.54. The van der Waals surface area contributed by atoms with Gasteiger partial charge in [-0.2, -0.15) is 0 Å². The standard InChI is InChI=1S/C14H11S.C9H13.2CH3.2ClH.H2Si.Zr/c1-10-8-11-4-2-3-5-13(11)14(10)12-6-7-15-9-12;1-6-5-7(2)9(4)8(6)3;;;;;;/h2-9H,1H3;6H,1-4H3;2*1H3;2*1H;1H2;. The Morgan fingerprint density at radius 2 is 1.53 bits per heavy atom. The van der Waals surface area contributed by atoms with Crippen molar-refractivity contribution < 1.29 is 17.4 Å². The van der Waals surface area contributed by atoms with Gasteiger partial charge in [-0.05, 0) is 0 Å². The Labute approximate surface area is 201 Å². The monoisotopic (exact) mass is 554 g/mol. The molecule has 1 heterocycles. The minimum atomic E-state index is -3.32. The van der Waals surface area contributed by atoms with Crippen LogP contribution >= 0.6 is 36.2 Å². The van der Waals surface area contributed by atoms with E-state index in [0.717, 1.165) is 0 Å². The summed E-state index contributed by atoms with van der Waals surface area (Å²) in [6.07, 6.45) is 0. The molecule has 2 aromatic rings. The molecule has 0 radical (unpaired) electrons. The molecular weight excluding hydrogens is 523 g/mol. The zero-order chi connectivity index (χ0) is 20.5. The predicted molar refractivity (Wildman–Crippen MR) is 140 cm³/mol. The minimum absolute atomic E-state index is 0. The van der Waals surface area contributed by atoms with E-state index in [9.17, 15) is 0 Å². The summed E-state index contributed by atoms with van der Waals surface area (Å²) >= 11 is -1.51. The molecule has 0 amide bonds. The first kappa shape index (κ1) is 26.1. The van der Waals surface area contributed by atoms with Crippen LogP contribution in [0.15, 0.2) is 66.7 Å². The second-order valence-corrected chi connectivity index (χ2v) is 40.2. The SMILES string of the molecule is CC1=C(C)C(C)[C]([Zr]([CH3])([CH3])(=[SiH2])[CH]2C(C)=C(c3ccsc3)c3ccccc32)=C1C.Cl.Cl. The summed E-state index contributed by atoms with van der Waals surface area (Å²) in [4.78, 5) is 0. The summed E-state index contributed by atoms with van der Waals surface area (Å²) in [6, 6.07) is 11.5. The third kappa shape index (κ3) is 3.67. The fourth-order valence-electron chi connectivity index (χ4n) is 6.40. The van der Waals surface area contributed by atoms with Gasteiger partial charge in [0, 0.05) is 0 Å². The number of benzene rings is 1. The summed E-state index contributed by atoms with van der Waals surface area (Å²) < 4.78 is 7.85. The third-order valence-corrected chi connectivity index (χ3v) is 25.7. The molecule has 30 heavy (non-hydrogen) atoms. The molecule has 0 N–H and O–H groups in total. The molecule has 5 heteroatoms. The molecule has 4 rings (SSSR count). The largest absolute Gasteiger partial charge is 0.147 e. The Kier molecular flexibility index (Phi) is 7.51. The van der Waals surface area contributed by atoms with E-state index in [0.29, 0.717) is 9.54 Å². The van der Waals surface area contributed by atoms with Crippen molar-refractivity contribution in [1.82, 2.24) is 0 Å². The topological polar surface area (TPSA) is 0 Å². The summed E-state index contributed by atoms with van der Waals surface area (Å²) in [7, 11) is 0. The summed E-state index contributed by atoms with van der Waals surface area (Å²) in [5.74, 6) is 0.600. The number of thiophene rings is 1. The van der Waals surface area contributed by atoms with Crippen LogP contribution in [0.1, 0.15) is 54.9 Å². The molecule has 2 aliphatic rings. The van der Waals surface area contributed by atoms with Gasteiger partial charge >= 0.3 is 178 Å². The second kappa shape index (κ2) is 8.64. The van der Waals surface area contributed by atoms with Crippen LogP contribution in [0.4, 0.5) is 0 Å². The van der Waals surface area contributed by atoms with E-state index >= 15 is 0 Å². The molecule has 162 valence electrons. The third-order valence-electron chi connectivity index (χ3n) is 7.63. The van der Waals surface area contributed by atoms with Crippen molar-refractivity contribution in [3.8, 4) is 0 Å². The van der Waals surface area contributed by atoms with Gasteiger partial charge in [0.25, 0.3) is 0 Å². The number of hydrogen-bond acceptors (Lipinski definition) is 1. The van der Waals surface area contributed by atoms with Crippen LogP contribution in [-0.2, 0) is 17.4 Å². The molecule has 0 nitrogen and oxygen atoms in total. The van der Waals surface area contributed by atoms with E-state index in [1.54, 1.807) is 39.2 Å². The van der Waals surface area contributed by atoms with Crippen LogP contribution in [0, 0.1) is 5.92 Å². The summed E-state index contributed by atoms with van der Waals surface area (Å²) in [5.41, 5.74) is 12.3. The van der Waals surface area contributed by atoms with E-state index in [4.69, 9.17) is 0 Å². The quantitative estimate of drug-likeness (QED) is 0.336. The molecule has 0 spiro atoms. The normalized spacial score (nSPS) is 21.6. The first-order valence-corrected chi connectivity index (χ1v) is 24.8. The Bertz CT molecular complexity index is 1150.